The average Bonchev–Trinajstić information content (AvgIpc) is 2.47. The van der Waals surface area contributed by atoms with E-state index in [0.29, 0.717) is 5.65 Å². The molecule has 0 aromatic carbocycles. The van der Waals surface area contributed by atoms with E-state index in [4.69, 9.17) is 0 Å². The lowest BCUT2D eigenvalue weighted by molar-refractivity contribution is -0.389. The standard InChI is InChI=1S/C7H6N4O2/c1-10-4-8-7-5(10)2-3-6(9-7)11(12)13/h2-4H,1H3. The molecule has 2 aromatic rings. The highest BCUT2D eigenvalue weighted by molar-refractivity contribution is 5.71. The molecule has 0 spiro atoms. The zero-order valence-electron chi connectivity index (χ0n) is 6.84. The number of rotatable bonds is 1. The topological polar surface area (TPSA) is 73.8 Å². The Bertz CT molecular complexity index is 476. The number of pyridine rings is 1. The number of aromatic nitrogens is 3. The molecule has 0 N–H and O–H groups in total. The van der Waals surface area contributed by atoms with E-state index >= 15 is 0 Å². The van der Waals surface area contributed by atoms with E-state index in [0.717, 1.165) is 5.52 Å². The average molecular weight is 178 g/mol. The molecule has 6 nitrogen and oxygen atoms in total. The third-order valence-corrected chi connectivity index (χ3v) is 1.76. The smallest absolute Gasteiger partial charge is 0.358 e. The minimum atomic E-state index is -0.534. The van der Waals surface area contributed by atoms with Crippen LogP contribution < -0.4 is 0 Å². The van der Waals surface area contributed by atoms with E-state index in [9.17, 15) is 10.1 Å². The molecule has 0 bridgehead atoms. The molecule has 0 aliphatic heterocycles. The predicted molar refractivity (Wildman–Crippen MR) is 45.2 cm³/mol. The Morgan fingerprint density at radius 3 is 3.00 bits per heavy atom. The second-order valence-electron chi connectivity index (χ2n) is 2.62. The fourth-order valence-electron chi connectivity index (χ4n) is 1.11. The van der Waals surface area contributed by atoms with Gasteiger partial charge in [0.1, 0.15) is 5.52 Å². The highest BCUT2D eigenvalue weighted by Gasteiger charge is 2.11. The molecule has 0 saturated carbocycles. The summed E-state index contributed by atoms with van der Waals surface area (Å²) in [6.45, 7) is 0. The van der Waals surface area contributed by atoms with Gasteiger partial charge in [-0.25, -0.2) is 0 Å². The summed E-state index contributed by atoms with van der Waals surface area (Å²) in [4.78, 5) is 17.5. The van der Waals surface area contributed by atoms with Crippen molar-refractivity contribution in [1.82, 2.24) is 14.5 Å². The summed E-state index contributed by atoms with van der Waals surface area (Å²) in [5.74, 6) is -0.175. The van der Waals surface area contributed by atoms with Crippen LogP contribution in [0, 0.1) is 10.1 Å². The van der Waals surface area contributed by atoms with E-state index in [1.54, 1.807) is 17.0 Å². The van der Waals surface area contributed by atoms with Gasteiger partial charge in [0.05, 0.1) is 6.33 Å². The van der Waals surface area contributed by atoms with Crippen LogP contribution >= 0.6 is 0 Å². The molecule has 0 aliphatic rings. The van der Waals surface area contributed by atoms with Gasteiger partial charge in [-0.2, -0.15) is 4.98 Å². The molecule has 0 saturated heterocycles. The van der Waals surface area contributed by atoms with E-state index in [1.807, 2.05) is 7.05 Å². The second-order valence-corrected chi connectivity index (χ2v) is 2.62. The van der Waals surface area contributed by atoms with Gasteiger partial charge in [0, 0.05) is 13.1 Å². The molecule has 0 aliphatic carbocycles. The van der Waals surface area contributed by atoms with Gasteiger partial charge in [0.25, 0.3) is 5.65 Å². The van der Waals surface area contributed by atoms with Crippen LogP contribution in [0.2, 0.25) is 0 Å². The molecular weight excluding hydrogens is 172 g/mol. The van der Waals surface area contributed by atoms with Gasteiger partial charge in [-0.15, -0.1) is 0 Å². The first kappa shape index (κ1) is 7.66. The van der Waals surface area contributed by atoms with Crippen molar-refractivity contribution < 1.29 is 4.92 Å². The summed E-state index contributed by atoms with van der Waals surface area (Å²) in [6.07, 6.45) is 1.57. The molecular formula is C7H6N4O2. The number of hydrogen-bond acceptors (Lipinski definition) is 4. The van der Waals surface area contributed by atoms with Crippen LogP contribution in [-0.2, 0) is 7.05 Å². The molecule has 0 atom stereocenters. The van der Waals surface area contributed by atoms with Crippen LogP contribution in [0.3, 0.4) is 0 Å². The second kappa shape index (κ2) is 2.51. The Morgan fingerprint density at radius 1 is 1.54 bits per heavy atom. The Kier molecular flexibility index (Phi) is 1.48. The van der Waals surface area contributed by atoms with Crippen molar-refractivity contribution in [1.29, 1.82) is 0 Å². The summed E-state index contributed by atoms with van der Waals surface area (Å²) < 4.78 is 1.76. The van der Waals surface area contributed by atoms with E-state index in [2.05, 4.69) is 9.97 Å². The first-order valence-electron chi connectivity index (χ1n) is 3.61. The lowest BCUT2D eigenvalue weighted by atomic mass is 10.4. The fourth-order valence-corrected chi connectivity index (χ4v) is 1.11. The van der Waals surface area contributed by atoms with Crippen LogP contribution in [-0.4, -0.2) is 19.5 Å². The Morgan fingerprint density at radius 2 is 2.31 bits per heavy atom. The van der Waals surface area contributed by atoms with E-state index in [1.165, 1.54) is 6.07 Å². The van der Waals surface area contributed by atoms with E-state index < -0.39 is 4.92 Å². The maximum atomic E-state index is 10.4. The Labute approximate surface area is 73.0 Å². The third kappa shape index (κ3) is 1.12. The van der Waals surface area contributed by atoms with Gasteiger partial charge in [0.15, 0.2) is 0 Å². The summed E-state index contributed by atoms with van der Waals surface area (Å²) in [5.41, 5.74) is 1.18. The monoisotopic (exact) mass is 178 g/mol. The molecule has 2 rings (SSSR count). The van der Waals surface area contributed by atoms with Crippen LogP contribution in [0.5, 0.6) is 0 Å². The van der Waals surface area contributed by atoms with Crippen molar-refractivity contribution in [2.75, 3.05) is 0 Å². The van der Waals surface area contributed by atoms with Gasteiger partial charge in [0.2, 0.25) is 0 Å². The summed E-state index contributed by atoms with van der Waals surface area (Å²) in [6, 6.07) is 3.00. The molecule has 2 aromatic heterocycles. The first-order chi connectivity index (χ1) is 6.18. The molecule has 13 heavy (non-hydrogen) atoms. The van der Waals surface area contributed by atoms with Crippen molar-refractivity contribution in [2.45, 2.75) is 0 Å². The number of fused-ring (bicyclic) bond motifs is 1. The molecule has 66 valence electrons. The number of hydrogen-bond donors (Lipinski definition) is 0. The van der Waals surface area contributed by atoms with Gasteiger partial charge < -0.3 is 14.7 Å². The summed E-state index contributed by atoms with van der Waals surface area (Å²) in [5, 5.41) is 10.4. The molecule has 0 radical (unpaired) electrons. The zero-order chi connectivity index (χ0) is 9.42. The van der Waals surface area contributed by atoms with Crippen LogP contribution in [0.4, 0.5) is 5.82 Å². The van der Waals surface area contributed by atoms with Crippen molar-refractivity contribution in [2.24, 2.45) is 7.05 Å². The van der Waals surface area contributed by atoms with Crippen LogP contribution in [0.1, 0.15) is 0 Å². The van der Waals surface area contributed by atoms with Crippen molar-refractivity contribution in [3.8, 4) is 0 Å². The normalized spacial score (nSPS) is 10.5. The minimum Gasteiger partial charge on any atom is -0.358 e. The van der Waals surface area contributed by atoms with Gasteiger partial charge in [-0.1, -0.05) is 0 Å². The van der Waals surface area contributed by atoms with Gasteiger partial charge >= 0.3 is 5.82 Å². The van der Waals surface area contributed by atoms with Crippen LogP contribution in [0.25, 0.3) is 11.2 Å². The van der Waals surface area contributed by atoms with Gasteiger partial charge in [-0.05, 0) is 16.0 Å². The predicted octanol–water partition coefficient (Wildman–Crippen LogP) is 0.876. The maximum Gasteiger partial charge on any atom is 0.366 e. The molecule has 0 fully saturated rings. The first-order valence-corrected chi connectivity index (χ1v) is 3.61. The number of nitrogens with zero attached hydrogens (tertiary/aromatic N) is 4. The Balaban J connectivity index is 2.70. The molecule has 6 heteroatoms. The minimum absolute atomic E-state index is 0.175. The zero-order valence-corrected chi connectivity index (χ0v) is 6.84. The SMILES string of the molecule is Cn1cnc2nc([N+](=O)[O-])ccc21. The highest BCUT2D eigenvalue weighted by atomic mass is 16.6. The number of nitro groups is 1. The number of imidazole rings is 1. The van der Waals surface area contributed by atoms with Gasteiger partial charge in [-0.3, -0.25) is 0 Å². The highest BCUT2D eigenvalue weighted by Crippen LogP contribution is 2.13. The molecule has 2 heterocycles. The quantitative estimate of drug-likeness (QED) is 0.479. The molecule has 0 unspecified atom stereocenters. The van der Waals surface area contributed by atoms with Crippen molar-refractivity contribution in [3.63, 3.8) is 0 Å². The Hall–Kier alpha value is -1.98. The fraction of sp³-hybridized carbons (Fsp3) is 0.143. The maximum absolute atomic E-state index is 10.4. The molecule has 0 amide bonds. The number of aryl methyl sites for hydroxylation is 1. The largest absolute Gasteiger partial charge is 0.366 e. The summed E-state index contributed by atoms with van der Waals surface area (Å²) in [7, 11) is 1.81. The van der Waals surface area contributed by atoms with E-state index in [-0.39, 0.29) is 5.82 Å². The lowest BCUT2D eigenvalue weighted by Crippen LogP contribution is -1.92. The van der Waals surface area contributed by atoms with Crippen molar-refractivity contribution in [3.05, 3.63) is 28.6 Å². The van der Waals surface area contributed by atoms with Crippen molar-refractivity contribution >= 4 is 17.0 Å². The summed E-state index contributed by atoms with van der Waals surface area (Å²) >= 11 is 0. The lowest BCUT2D eigenvalue weighted by Gasteiger charge is -1.91. The van der Waals surface area contributed by atoms with Crippen LogP contribution in [0.15, 0.2) is 18.5 Å². The third-order valence-electron chi connectivity index (χ3n) is 1.76.